The van der Waals surface area contributed by atoms with E-state index in [1.165, 1.54) is 5.56 Å². The second kappa shape index (κ2) is 6.42. The van der Waals surface area contributed by atoms with Gasteiger partial charge in [0.05, 0.1) is 5.92 Å². The SMILES string of the molecule is Cc1ccc(NCC2CCC(C(=O)O)CC2)c(Br)c1. The van der Waals surface area contributed by atoms with Crippen molar-refractivity contribution in [3.8, 4) is 0 Å². The number of hydrogen-bond acceptors (Lipinski definition) is 2. The molecular formula is C15H20BrNO2. The quantitative estimate of drug-likeness (QED) is 0.877. The third kappa shape index (κ3) is 3.96. The van der Waals surface area contributed by atoms with E-state index >= 15 is 0 Å². The number of aliphatic carboxylic acids is 1. The molecule has 0 heterocycles. The Morgan fingerprint density at radius 2 is 2.05 bits per heavy atom. The molecular weight excluding hydrogens is 306 g/mol. The molecule has 104 valence electrons. The molecule has 0 unspecified atom stereocenters. The first-order valence-corrected chi connectivity index (χ1v) is 7.58. The van der Waals surface area contributed by atoms with Gasteiger partial charge in [-0.3, -0.25) is 4.79 Å². The molecule has 1 aliphatic carbocycles. The molecule has 0 saturated heterocycles. The molecule has 1 aromatic carbocycles. The summed E-state index contributed by atoms with van der Waals surface area (Å²) in [5, 5.41) is 12.4. The first kappa shape index (κ1) is 14.4. The maximum atomic E-state index is 10.9. The van der Waals surface area contributed by atoms with Crippen molar-refractivity contribution in [2.24, 2.45) is 11.8 Å². The summed E-state index contributed by atoms with van der Waals surface area (Å²) >= 11 is 3.56. The van der Waals surface area contributed by atoms with Gasteiger partial charge in [-0.25, -0.2) is 0 Å². The molecule has 0 radical (unpaired) electrons. The summed E-state index contributed by atoms with van der Waals surface area (Å²) in [7, 11) is 0. The Hall–Kier alpha value is -1.03. The molecule has 0 aliphatic heterocycles. The minimum Gasteiger partial charge on any atom is -0.481 e. The van der Waals surface area contributed by atoms with Crippen LogP contribution in [0, 0.1) is 18.8 Å². The first-order chi connectivity index (χ1) is 9.06. The Balaban J connectivity index is 1.82. The smallest absolute Gasteiger partial charge is 0.306 e. The average Bonchev–Trinajstić information content (AvgIpc) is 2.38. The van der Waals surface area contributed by atoms with Crippen molar-refractivity contribution in [1.82, 2.24) is 0 Å². The predicted octanol–water partition coefficient (Wildman–Crippen LogP) is 4.06. The lowest BCUT2D eigenvalue weighted by molar-refractivity contribution is -0.143. The minimum absolute atomic E-state index is 0.123. The van der Waals surface area contributed by atoms with Gasteiger partial charge in [-0.1, -0.05) is 6.07 Å². The molecule has 1 aromatic rings. The zero-order valence-electron chi connectivity index (χ0n) is 11.2. The van der Waals surface area contributed by atoms with Crippen molar-refractivity contribution < 1.29 is 9.90 Å². The summed E-state index contributed by atoms with van der Waals surface area (Å²) in [6.45, 7) is 3.00. The number of carbonyl (C=O) groups is 1. The number of anilines is 1. The highest BCUT2D eigenvalue weighted by atomic mass is 79.9. The molecule has 0 spiro atoms. The summed E-state index contributed by atoms with van der Waals surface area (Å²) in [6.07, 6.45) is 3.65. The molecule has 0 atom stereocenters. The van der Waals surface area contributed by atoms with Crippen molar-refractivity contribution in [2.75, 3.05) is 11.9 Å². The number of halogens is 1. The Morgan fingerprint density at radius 1 is 1.37 bits per heavy atom. The molecule has 2 N–H and O–H groups in total. The largest absolute Gasteiger partial charge is 0.481 e. The number of carboxylic acid groups (broad SMARTS) is 1. The fourth-order valence-corrected chi connectivity index (χ4v) is 3.26. The second-order valence-electron chi connectivity index (χ2n) is 5.42. The first-order valence-electron chi connectivity index (χ1n) is 6.79. The van der Waals surface area contributed by atoms with Gasteiger partial charge < -0.3 is 10.4 Å². The van der Waals surface area contributed by atoms with Gasteiger partial charge in [-0.2, -0.15) is 0 Å². The number of benzene rings is 1. The van der Waals surface area contributed by atoms with Crippen molar-refractivity contribution in [3.05, 3.63) is 28.2 Å². The molecule has 3 nitrogen and oxygen atoms in total. The third-order valence-corrected chi connectivity index (χ3v) is 4.56. The van der Waals surface area contributed by atoms with E-state index in [1.54, 1.807) is 0 Å². The lowest BCUT2D eigenvalue weighted by atomic mass is 9.82. The molecule has 2 rings (SSSR count). The van der Waals surface area contributed by atoms with E-state index in [0.717, 1.165) is 42.4 Å². The molecule has 4 heteroatoms. The Bertz CT molecular complexity index is 453. The maximum absolute atomic E-state index is 10.9. The van der Waals surface area contributed by atoms with Crippen LogP contribution >= 0.6 is 15.9 Å². The van der Waals surface area contributed by atoms with Crippen LogP contribution in [0.5, 0.6) is 0 Å². The van der Waals surface area contributed by atoms with Gasteiger partial charge in [0.15, 0.2) is 0 Å². The normalized spacial score (nSPS) is 23.1. The van der Waals surface area contributed by atoms with Crippen molar-refractivity contribution in [1.29, 1.82) is 0 Å². The zero-order valence-corrected chi connectivity index (χ0v) is 12.7. The van der Waals surface area contributed by atoms with Crippen LogP contribution in [0.4, 0.5) is 5.69 Å². The minimum atomic E-state index is -0.632. The average molecular weight is 326 g/mol. The van der Waals surface area contributed by atoms with Crippen LogP contribution in [0.15, 0.2) is 22.7 Å². The summed E-state index contributed by atoms with van der Waals surface area (Å²) in [6, 6.07) is 6.28. The summed E-state index contributed by atoms with van der Waals surface area (Å²) < 4.78 is 1.09. The summed E-state index contributed by atoms with van der Waals surface area (Å²) in [5.74, 6) is -0.168. The number of nitrogens with one attached hydrogen (secondary N) is 1. The topological polar surface area (TPSA) is 49.3 Å². The number of rotatable bonds is 4. The van der Waals surface area contributed by atoms with E-state index in [4.69, 9.17) is 5.11 Å². The highest BCUT2D eigenvalue weighted by Crippen LogP contribution is 2.30. The fourth-order valence-electron chi connectivity index (χ4n) is 2.63. The van der Waals surface area contributed by atoms with Crippen LogP contribution in [0.25, 0.3) is 0 Å². The van der Waals surface area contributed by atoms with E-state index in [1.807, 2.05) is 0 Å². The van der Waals surface area contributed by atoms with Crippen molar-refractivity contribution in [2.45, 2.75) is 32.6 Å². The molecule has 0 aromatic heterocycles. The number of carboxylic acids is 1. The van der Waals surface area contributed by atoms with Crippen LogP contribution in [0.3, 0.4) is 0 Å². The molecule has 0 bridgehead atoms. The molecule has 19 heavy (non-hydrogen) atoms. The van der Waals surface area contributed by atoms with Crippen LogP contribution in [-0.2, 0) is 4.79 Å². The third-order valence-electron chi connectivity index (χ3n) is 3.90. The maximum Gasteiger partial charge on any atom is 0.306 e. The van der Waals surface area contributed by atoms with Gasteiger partial charge in [0.2, 0.25) is 0 Å². The van der Waals surface area contributed by atoms with E-state index in [2.05, 4.69) is 46.4 Å². The Kier molecular flexibility index (Phi) is 4.86. The lowest BCUT2D eigenvalue weighted by Gasteiger charge is -2.26. The fraction of sp³-hybridized carbons (Fsp3) is 0.533. The van der Waals surface area contributed by atoms with Gasteiger partial charge in [0.1, 0.15) is 0 Å². The zero-order chi connectivity index (χ0) is 13.8. The second-order valence-corrected chi connectivity index (χ2v) is 6.27. The molecule has 1 saturated carbocycles. The van der Waals surface area contributed by atoms with E-state index < -0.39 is 5.97 Å². The molecule has 0 amide bonds. The molecule has 1 fully saturated rings. The van der Waals surface area contributed by atoms with Gasteiger partial charge in [-0.15, -0.1) is 0 Å². The van der Waals surface area contributed by atoms with Gasteiger partial charge in [-0.05, 0) is 72.2 Å². The standard InChI is InChI=1S/C15H20BrNO2/c1-10-2-7-14(13(16)8-10)17-9-11-3-5-12(6-4-11)15(18)19/h2,7-8,11-12,17H,3-6,9H2,1H3,(H,18,19). The summed E-state index contributed by atoms with van der Waals surface area (Å²) in [4.78, 5) is 10.9. The van der Waals surface area contributed by atoms with E-state index in [0.29, 0.717) is 5.92 Å². The van der Waals surface area contributed by atoms with Gasteiger partial charge in [0.25, 0.3) is 0 Å². The molecule has 1 aliphatic rings. The van der Waals surface area contributed by atoms with Crippen LogP contribution in [-0.4, -0.2) is 17.6 Å². The van der Waals surface area contributed by atoms with Gasteiger partial charge >= 0.3 is 5.97 Å². The highest BCUT2D eigenvalue weighted by molar-refractivity contribution is 9.10. The van der Waals surface area contributed by atoms with Crippen LogP contribution < -0.4 is 5.32 Å². The van der Waals surface area contributed by atoms with Crippen molar-refractivity contribution >= 4 is 27.6 Å². The Labute approximate surface area is 122 Å². The van der Waals surface area contributed by atoms with Gasteiger partial charge in [0, 0.05) is 16.7 Å². The van der Waals surface area contributed by atoms with Crippen molar-refractivity contribution in [3.63, 3.8) is 0 Å². The summed E-state index contributed by atoms with van der Waals surface area (Å²) in [5.41, 5.74) is 2.35. The van der Waals surface area contributed by atoms with Crippen LogP contribution in [0.1, 0.15) is 31.2 Å². The number of aryl methyl sites for hydroxylation is 1. The van der Waals surface area contributed by atoms with Crippen LogP contribution in [0.2, 0.25) is 0 Å². The highest BCUT2D eigenvalue weighted by Gasteiger charge is 2.25. The predicted molar refractivity (Wildman–Crippen MR) is 80.5 cm³/mol. The van der Waals surface area contributed by atoms with E-state index in [-0.39, 0.29) is 5.92 Å². The Morgan fingerprint density at radius 3 is 2.63 bits per heavy atom. The van der Waals surface area contributed by atoms with E-state index in [9.17, 15) is 4.79 Å². The number of hydrogen-bond donors (Lipinski definition) is 2. The lowest BCUT2D eigenvalue weighted by Crippen LogP contribution is -2.25. The monoisotopic (exact) mass is 325 g/mol.